The molecule has 0 saturated carbocycles. The van der Waals surface area contributed by atoms with Crippen molar-refractivity contribution in [2.75, 3.05) is 7.11 Å². The number of ether oxygens (including phenoxy) is 1. The van der Waals surface area contributed by atoms with Crippen molar-refractivity contribution < 1.29 is 4.74 Å². The largest absolute Gasteiger partial charge is 0.497 e. The molecular weight excluding hydrogens is 305 g/mol. The lowest BCUT2D eigenvalue weighted by Crippen LogP contribution is -2.36. The highest BCUT2D eigenvalue weighted by molar-refractivity contribution is 6.33. The SMILES string of the molecule is COc1ccc2c(c1)C(N)(Cc1cc(Cl)ccc1Cl)CC2. The summed E-state index contributed by atoms with van der Waals surface area (Å²) in [5.41, 5.74) is 9.70. The monoisotopic (exact) mass is 321 g/mol. The fourth-order valence-electron chi connectivity index (χ4n) is 3.06. The minimum atomic E-state index is -0.418. The van der Waals surface area contributed by atoms with Crippen molar-refractivity contribution in [3.8, 4) is 5.75 Å². The minimum absolute atomic E-state index is 0.418. The second-order valence-corrected chi connectivity index (χ2v) is 6.44. The minimum Gasteiger partial charge on any atom is -0.497 e. The molecule has 1 unspecified atom stereocenters. The van der Waals surface area contributed by atoms with Gasteiger partial charge in [-0.2, -0.15) is 0 Å². The Morgan fingerprint density at radius 2 is 2.00 bits per heavy atom. The third-order valence-corrected chi connectivity index (χ3v) is 4.81. The smallest absolute Gasteiger partial charge is 0.119 e. The molecule has 110 valence electrons. The Balaban J connectivity index is 1.98. The van der Waals surface area contributed by atoms with Crippen LogP contribution in [0, 0.1) is 0 Å². The number of methoxy groups -OCH3 is 1. The van der Waals surface area contributed by atoms with E-state index in [1.54, 1.807) is 13.2 Å². The molecule has 2 nitrogen and oxygen atoms in total. The zero-order chi connectivity index (χ0) is 15.0. The predicted molar refractivity (Wildman–Crippen MR) is 87.3 cm³/mol. The van der Waals surface area contributed by atoms with Crippen molar-refractivity contribution in [1.82, 2.24) is 0 Å². The van der Waals surface area contributed by atoms with Gasteiger partial charge in [0.25, 0.3) is 0 Å². The second kappa shape index (κ2) is 5.53. The lowest BCUT2D eigenvalue weighted by molar-refractivity contribution is 0.407. The summed E-state index contributed by atoms with van der Waals surface area (Å²) in [7, 11) is 1.67. The number of nitrogens with two attached hydrogens (primary N) is 1. The Labute approximate surface area is 134 Å². The maximum Gasteiger partial charge on any atom is 0.119 e. The Morgan fingerprint density at radius 1 is 1.19 bits per heavy atom. The van der Waals surface area contributed by atoms with Gasteiger partial charge in [-0.05, 0) is 66.3 Å². The van der Waals surface area contributed by atoms with Crippen molar-refractivity contribution >= 4 is 23.2 Å². The van der Waals surface area contributed by atoms with E-state index in [9.17, 15) is 0 Å². The van der Waals surface area contributed by atoms with Crippen LogP contribution in [0.5, 0.6) is 5.75 Å². The Kier molecular flexibility index (Phi) is 3.87. The molecule has 0 heterocycles. The van der Waals surface area contributed by atoms with Crippen LogP contribution in [0.15, 0.2) is 36.4 Å². The summed E-state index contributed by atoms with van der Waals surface area (Å²) in [6.07, 6.45) is 2.55. The average molecular weight is 322 g/mol. The van der Waals surface area contributed by atoms with Gasteiger partial charge in [-0.25, -0.2) is 0 Å². The van der Waals surface area contributed by atoms with E-state index >= 15 is 0 Å². The van der Waals surface area contributed by atoms with Crippen molar-refractivity contribution in [2.45, 2.75) is 24.8 Å². The second-order valence-electron chi connectivity index (χ2n) is 5.59. The molecule has 3 rings (SSSR count). The number of halogens is 2. The maximum absolute atomic E-state index is 6.69. The van der Waals surface area contributed by atoms with Gasteiger partial charge in [0.15, 0.2) is 0 Å². The Morgan fingerprint density at radius 3 is 2.76 bits per heavy atom. The molecule has 1 aliphatic carbocycles. The van der Waals surface area contributed by atoms with Crippen LogP contribution < -0.4 is 10.5 Å². The molecule has 2 aromatic rings. The highest BCUT2D eigenvalue weighted by Gasteiger charge is 2.35. The molecular formula is C17H17Cl2NO. The molecule has 0 bridgehead atoms. The quantitative estimate of drug-likeness (QED) is 0.912. The first-order valence-corrected chi connectivity index (χ1v) is 7.68. The van der Waals surface area contributed by atoms with E-state index < -0.39 is 5.54 Å². The first-order chi connectivity index (χ1) is 10.0. The van der Waals surface area contributed by atoms with Crippen molar-refractivity contribution in [1.29, 1.82) is 0 Å². The molecule has 4 heteroatoms. The summed E-state index contributed by atoms with van der Waals surface area (Å²) in [6, 6.07) is 11.6. The van der Waals surface area contributed by atoms with E-state index in [2.05, 4.69) is 6.07 Å². The number of rotatable bonds is 3. The van der Waals surface area contributed by atoms with Gasteiger partial charge in [0.05, 0.1) is 7.11 Å². The van der Waals surface area contributed by atoms with Gasteiger partial charge >= 0.3 is 0 Å². The fraction of sp³-hybridized carbons (Fsp3) is 0.294. The third-order valence-electron chi connectivity index (χ3n) is 4.21. The normalized spacial score (nSPS) is 20.4. The van der Waals surface area contributed by atoms with E-state index in [4.69, 9.17) is 33.7 Å². The van der Waals surface area contributed by atoms with Gasteiger partial charge in [0.1, 0.15) is 5.75 Å². The molecule has 0 amide bonds. The van der Waals surface area contributed by atoms with Gasteiger partial charge in [-0.15, -0.1) is 0 Å². The Bertz CT molecular complexity index is 686. The zero-order valence-electron chi connectivity index (χ0n) is 11.8. The van der Waals surface area contributed by atoms with Crippen LogP contribution in [0.1, 0.15) is 23.1 Å². The number of hydrogen-bond donors (Lipinski definition) is 1. The van der Waals surface area contributed by atoms with Crippen LogP contribution in [-0.4, -0.2) is 7.11 Å². The number of aryl methyl sites for hydroxylation is 1. The number of fused-ring (bicyclic) bond motifs is 1. The summed E-state index contributed by atoms with van der Waals surface area (Å²) in [5, 5.41) is 1.39. The van der Waals surface area contributed by atoms with Crippen molar-refractivity contribution in [3.05, 3.63) is 63.1 Å². The molecule has 1 aliphatic rings. The lowest BCUT2D eigenvalue weighted by Gasteiger charge is -2.26. The summed E-state index contributed by atoms with van der Waals surface area (Å²) < 4.78 is 5.32. The van der Waals surface area contributed by atoms with E-state index in [1.807, 2.05) is 24.3 Å². The number of benzene rings is 2. The third kappa shape index (κ3) is 2.76. The number of hydrogen-bond acceptors (Lipinski definition) is 2. The highest BCUT2D eigenvalue weighted by Crippen LogP contribution is 2.40. The first kappa shape index (κ1) is 14.7. The van der Waals surface area contributed by atoms with Crippen molar-refractivity contribution in [3.63, 3.8) is 0 Å². The zero-order valence-corrected chi connectivity index (χ0v) is 13.3. The van der Waals surface area contributed by atoms with Gasteiger partial charge in [-0.1, -0.05) is 29.3 Å². The van der Waals surface area contributed by atoms with Gasteiger partial charge in [0.2, 0.25) is 0 Å². The van der Waals surface area contributed by atoms with Gasteiger partial charge in [-0.3, -0.25) is 0 Å². The summed E-state index contributed by atoms with van der Waals surface area (Å²) in [6.45, 7) is 0. The molecule has 0 spiro atoms. The molecule has 21 heavy (non-hydrogen) atoms. The van der Waals surface area contributed by atoms with Crippen molar-refractivity contribution in [2.24, 2.45) is 5.73 Å². The first-order valence-electron chi connectivity index (χ1n) is 6.92. The van der Waals surface area contributed by atoms with Crippen LogP contribution in [0.3, 0.4) is 0 Å². The molecule has 2 aromatic carbocycles. The van der Waals surface area contributed by atoms with Gasteiger partial charge in [0, 0.05) is 15.6 Å². The van der Waals surface area contributed by atoms with E-state index in [0.29, 0.717) is 16.5 Å². The van der Waals surface area contributed by atoms with Gasteiger partial charge < -0.3 is 10.5 Å². The molecule has 0 aromatic heterocycles. The average Bonchev–Trinajstić information content (AvgIpc) is 2.80. The molecule has 0 aliphatic heterocycles. The molecule has 2 N–H and O–H groups in total. The molecule has 0 saturated heterocycles. The molecule has 1 atom stereocenters. The van der Waals surface area contributed by atoms with Crippen LogP contribution in [-0.2, 0) is 18.4 Å². The highest BCUT2D eigenvalue weighted by atomic mass is 35.5. The standard InChI is InChI=1S/C17H17Cl2NO/c1-21-14-4-2-11-6-7-17(20,15(11)9-14)10-12-8-13(18)3-5-16(12)19/h2-5,8-9H,6-7,10,20H2,1H3. The van der Waals surface area contributed by atoms with E-state index in [1.165, 1.54) is 5.56 Å². The predicted octanol–water partition coefficient (Wildman–Crippen LogP) is 4.34. The van der Waals surface area contributed by atoms with Crippen LogP contribution in [0.25, 0.3) is 0 Å². The summed E-state index contributed by atoms with van der Waals surface area (Å²) in [4.78, 5) is 0. The van der Waals surface area contributed by atoms with Crippen LogP contribution in [0.2, 0.25) is 10.0 Å². The molecule has 0 radical (unpaired) electrons. The maximum atomic E-state index is 6.69. The summed E-state index contributed by atoms with van der Waals surface area (Å²) in [5.74, 6) is 0.836. The lowest BCUT2D eigenvalue weighted by atomic mass is 9.86. The Hall–Kier alpha value is -1.22. The van der Waals surface area contributed by atoms with Crippen LogP contribution >= 0.6 is 23.2 Å². The van der Waals surface area contributed by atoms with Crippen LogP contribution in [0.4, 0.5) is 0 Å². The molecule has 0 fully saturated rings. The van der Waals surface area contributed by atoms with E-state index in [-0.39, 0.29) is 0 Å². The summed E-state index contributed by atoms with van der Waals surface area (Å²) >= 11 is 12.4. The fourth-order valence-corrected chi connectivity index (χ4v) is 3.44. The van der Waals surface area contributed by atoms with E-state index in [0.717, 1.165) is 29.7 Å². The topological polar surface area (TPSA) is 35.2 Å².